The van der Waals surface area contributed by atoms with Gasteiger partial charge < -0.3 is 0 Å². The molecule has 0 aliphatic rings. The van der Waals surface area contributed by atoms with Gasteiger partial charge in [-0.15, -0.1) is 0 Å². The molecular formula is C17H16BrF3N2. The molecule has 0 radical (unpaired) electrons. The number of azo groups is 1. The van der Waals surface area contributed by atoms with Crippen molar-refractivity contribution in [1.82, 2.24) is 0 Å². The van der Waals surface area contributed by atoms with Crippen LogP contribution >= 0.6 is 15.9 Å². The highest BCUT2D eigenvalue weighted by Crippen LogP contribution is 2.32. The SMILES string of the molecule is FC(F)(F)c1cccc(N=Nc2ccccc2CCCCBr)c1. The molecule has 0 heterocycles. The number of unbranched alkanes of at least 4 members (excludes halogenated alkanes) is 1. The summed E-state index contributed by atoms with van der Waals surface area (Å²) in [6.45, 7) is 0. The highest BCUT2D eigenvalue weighted by molar-refractivity contribution is 9.09. The molecule has 122 valence electrons. The molecule has 0 aliphatic heterocycles. The van der Waals surface area contributed by atoms with Crippen molar-refractivity contribution in [3.8, 4) is 0 Å². The topological polar surface area (TPSA) is 24.7 Å². The highest BCUT2D eigenvalue weighted by Gasteiger charge is 2.30. The minimum atomic E-state index is -4.38. The van der Waals surface area contributed by atoms with Gasteiger partial charge in [0.2, 0.25) is 0 Å². The van der Waals surface area contributed by atoms with E-state index in [1.165, 1.54) is 12.1 Å². The van der Waals surface area contributed by atoms with E-state index in [0.717, 1.165) is 42.3 Å². The zero-order chi connectivity index (χ0) is 16.7. The molecule has 0 amide bonds. The molecule has 0 spiro atoms. The molecule has 2 aromatic carbocycles. The van der Waals surface area contributed by atoms with Gasteiger partial charge in [0.25, 0.3) is 0 Å². The monoisotopic (exact) mass is 384 g/mol. The third-order valence-corrected chi connectivity index (χ3v) is 3.83. The molecule has 6 heteroatoms. The van der Waals surface area contributed by atoms with Gasteiger partial charge in [-0.2, -0.15) is 23.4 Å². The van der Waals surface area contributed by atoms with Crippen molar-refractivity contribution in [2.45, 2.75) is 25.4 Å². The molecule has 0 unspecified atom stereocenters. The lowest BCUT2D eigenvalue weighted by Crippen LogP contribution is -2.03. The summed E-state index contributed by atoms with van der Waals surface area (Å²) in [5.74, 6) is 0. The van der Waals surface area contributed by atoms with Gasteiger partial charge in [-0.05, 0) is 49.1 Å². The van der Waals surface area contributed by atoms with Crippen LogP contribution in [0, 0.1) is 0 Å². The Bertz CT molecular complexity index is 669. The van der Waals surface area contributed by atoms with Crippen molar-refractivity contribution in [2.24, 2.45) is 10.2 Å². The van der Waals surface area contributed by atoms with Gasteiger partial charge in [-0.1, -0.05) is 40.2 Å². The average molecular weight is 385 g/mol. The lowest BCUT2D eigenvalue weighted by atomic mass is 10.1. The summed E-state index contributed by atoms with van der Waals surface area (Å²) >= 11 is 3.39. The fourth-order valence-corrected chi connectivity index (χ4v) is 2.48. The molecule has 0 saturated carbocycles. The first-order chi connectivity index (χ1) is 11.0. The smallest absolute Gasteiger partial charge is 0.166 e. The summed E-state index contributed by atoms with van der Waals surface area (Å²) in [6.07, 6.45) is -1.44. The standard InChI is InChI=1S/C17H16BrF3N2/c18-11-4-3-7-13-6-1-2-10-16(13)23-22-15-9-5-8-14(12-15)17(19,20)21/h1-2,5-6,8-10,12H,3-4,7,11H2. The van der Waals surface area contributed by atoms with Crippen LogP contribution < -0.4 is 0 Å². The maximum atomic E-state index is 12.7. The quantitative estimate of drug-likeness (QED) is 0.296. The zero-order valence-corrected chi connectivity index (χ0v) is 13.9. The number of rotatable bonds is 6. The zero-order valence-electron chi connectivity index (χ0n) is 12.4. The Balaban J connectivity index is 2.17. The third-order valence-electron chi connectivity index (χ3n) is 3.27. The minimum Gasteiger partial charge on any atom is -0.166 e. The third kappa shape index (κ3) is 5.46. The Morgan fingerprint density at radius 1 is 0.913 bits per heavy atom. The maximum absolute atomic E-state index is 12.7. The summed E-state index contributed by atoms with van der Waals surface area (Å²) in [6, 6.07) is 12.4. The Hall–Kier alpha value is -1.69. The largest absolute Gasteiger partial charge is 0.416 e. The normalized spacial score (nSPS) is 12.0. The molecule has 23 heavy (non-hydrogen) atoms. The summed E-state index contributed by atoms with van der Waals surface area (Å²) in [5, 5.41) is 9.02. The second-order valence-corrected chi connectivity index (χ2v) is 5.82. The van der Waals surface area contributed by atoms with E-state index >= 15 is 0 Å². The van der Waals surface area contributed by atoms with Crippen molar-refractivity contribution in [3.63, 3.8) is 0 Å². The Morgan fingerprint density at radius 3 is 2.43 bits per heavy atom. The Labute approximate surface area is 141 Å². The van der Waals surface area contributed by atoms with Gasteiger partial charge >= 0.3 is 6.18 Å². The first-order valence-electron chi connectivity index (χ1n) is 7.23. The molecule has 2 nitrogen and oxygen atoms in total. The number of benzene rings is 2. The second-order valence-electron chi connectivity index (χ2n) is 5.02. The van der Waals surface area contributed by atoms with Crippen LogP contribution in [0.15, 0.2) is 58.8 Å². The summed E-state index contributed by atoms with van der Waals surface area (Å²) in [5.41, 5.74) is 1.21. The maximum Gasteiger partial charge on any atom is 0.416 e. The number of aryl methyl sites for hydroxylation is 1. The summed E-state index contributed by atoms with van der Waals surface area (Å²) in [4.78, 5) is 0. The fraction of sp³-hybridized carbons (Fsp3) is 0.294. The van der Waals surface area contributed by atoms with E-state index in [2.05, 4.69) is 26.2 Å². The minimum absolute atomic E-state index is 0.190. The van der Waals surface area contributed by atoms with Crippen molar-refractivity contribution in [3.05, 3.63) is 59.7 Å². The molecule has 0 bridgehead atoms. The molecule has 0 N–H and O–H groups in total. The predicted octanol–water partition coefficient (Wildman–Crippen LogP) is 6.84. The number of halogens is 4. The van der Waals surface area contributed by atoms with Gasteiger partial charge in [-0.25, -0.2) is 0 Å². The van der Waals surface area contributed by atoms with Gasteiger partial charge in [0, 0.05) is 5.33 Å². The van der Waals surface area contributed by atoms with E-state index in [1.807, 2.05) is 24.3 Å². The van der Waals surface area contributed by atoms with E-state index in [4.69, 9.17) is 0 Å². The van der Waals surface area contributed by atoms with E-state index in [1.54, 1.807) is 0 Å². The molecule has 0 aliphatic carbocycles. The van der Waals surface area contributed by atoms with Gasteiger partial charge in [0.1, 0.15) is 0 Å². The summed E-state index contributed by atoms with van der Waals surface area (Å²) < 4.78 is 38.1. The van der Waals surface area contributed by atoms with Crippen LogP contribution in [0.3, 0.4) is 0 Å². The van der Waals surface area contributed by atoms with Gasteiger partial charge in [-0.3, -0.25) is 0 Å². The van der Waals surface area contributed by atoms with Crippen LogP contribution in [0.2, 0.25) is 0 Å². The highest BCUT2D eigenvalue weighted by atomic mass is 79.9. The predicted molar refractivity (Wildman–Crippen MR) is 88.8 cm³/mol. The number of nitrogens with zero attached hydrogens (tertiary/aromatic N) is 2. The van der Waals surface area contributed by atoms with Crippen LogP contribution in [-0.4, -0.2) is 5.33 Å². The van der Waals surface area contributed by atoms with E-state index in [9.17, 15) is 13.2 Å². The van der Waals surface area contributed by atoms with Crippen molar-refractivity contribution >= 4 is 27.3 Å². The van der Waals surface area contributed by atoms with E-state index in [-0.39, 0.29) is 5.69 Å². The first-order valence-corrected chi connectivity index (χ1v) is 8.36. The van der Waals surface area contributed by atoms with Crippen LogP contribution in [0.4, 0.5) is 24.5 Å². The molecule has 2 aromatic rings. The Kier molecular flexibility index (Phi) is 6.33. The Morgan fingerprint density at radius 2 is 1.70 bits per heavy atom. The molecule has 0 aromatic heterocycles. The fourth-order valence-electron chi connectivity index (χ4n) is 2.09. The van der Waals surface area contributed by atoms with Gasteiger partial charge in [0.05, 0.1) is 16.9 Å². The van der Waals surface area contributed by atoms with Crippen LogP contribution in [0.1, 0.15) is 24.0 Å². The van der Waals surface area contributed by atoms with Crippen molar-refractivity contribution in [1.29, 1.82) is 0 Å². The van der Waals surface area contributed by atoms with Crippen molar-refractivity contribution in [2.75, 3.05) is 5.33 Å². The van der Waals surface area contributed by atoms with Crippen LogP contribution in [0.5, 0.6) is 0 Å². The lowest BCUT2D eigenvalue weighted by Gasteiger charge is -2.06. The van der Waals surface area contributed by atoms with Gasteiger partial charge in [0.15, 0.2) is 0 Å². The molecule has 0 saturated heterocycles. The number of alkyl halides is 4. The number of hydrogen-bond donors (Lipinski definition) is 0. The van der Waals surface area contributed by atoms with E-state index < -0.39 is 11.7 Å². The van der Waals surface area contributed by atoms with Crippen LogP contribution in [0.25, 0.3) is 0 Å². The first kappa shape index (κ1) is 17.7. The lowest BCUT2D eigenvalue weighted by molar-refractivity contribution is -0.137. The summed E-state index contributed by atoms with van der Waals surface area (Å²) in [7, 11) is 0. The average Bonchev–Trinajstić information content (AvgIpc) is 2.54. The second kappa shape index (κ2) is 8.24. The van der Waals surface area contributed by atoms with Crippen LogP contribution in [-0.2, 0) is 12.6 Å². The molecule has 0 atom stereocenters. The molecular weight excluding hydrogens is 369 g/mol. The van der Waals surface area contributed by atoms with E-state index in [0.29, 0.717) is 5.69 Å². The molecule has 0 fully saturated rings. The van der Waals surface area contributed by atoms with Crippen molar-refractivity contribution < 1.29 is 13.2 Å². The number of hydrogen-bond acceptors (Lipinski definition) is 2. The molecule has 2 rings (SSSR count).